The van der Waals surface area contributed by atoms with Crippen LogP contribution in [0.3, 0.4) is 0 Å². The van der Waals surface area contributed by atoms with E-state index in [-0.39, 0.29) is 10.8 Å². The summed E-state index contributed by atoms with van der Waals surface area (Å²) in [7, 11) is -0.387. The van der Waals surface area contributed by atoms with Crippen LogP contribution in [0.4, 0.5) is 0 Å². The molecule has 0 N–H and O–H groups in total. The fourth-order valence-corrected chi connectivity index (χ4v) is 4.06. The Labute approximate surface area is 155 Å². The molecule has 2 aromatic carbocycles. The second kappa shape index (κ2) is 7.60. The van der Waals surface area contributed by atoms with Gasteiger partial charge in [-0.05, 0) is 41.7 Å². The lowest BCUT2D eigenvalue weighted by molar-refractivity contribution is -0.132. The Kier molecular flexibility index (Phi) is 5.44. The zero-order valence-electron chi connectivity index (χ0n) is 15.2. The van der Waals surface area contributed by atoms with Crippen LogP contribution in [0.25, 0.3) is 0 Å². The normalized spacial score (nSPS) is 14.3. The van der Waals surface area contributed by atoms with E-state index in [2.05, 4.69) is 12.1 Å². The molecule has 0 saturated heterocycles. The first-order valence-corrected chi connectivity index (χ1v) is 10.2. The molecule has 0 aliphatic carbocycles. The van der Waals surface area contributed by atoms with Crippen molar-refractivity contribution in [2.45, 2.75) is 30.7 Å². The average molecular weight is 372 g/mol. The second-order valence-electron chi connectivity index (χ2n) is 6.77. The van der Waals surface area contributed by atoms with Crippen molar-refractivity contribution in [3.8, 4) is 0 Å². The third-order valence-corrected chi connectivity index (χ3v) is 6.64. The summed E-state index contributed by atoms with van der Waals surface area (Å²) in [5.74, 6) is 0.143. The van der Waals surface area contributed by atoms with Crippen molar-refractivity contribution in [3.05, 3.63) is 65.2 Å². The molecule has 1 aliphatic rings. The Balaban J connectivity index is 1.59. The van der Waals surface area contributed by atoms with Crippen LogP contribution in [-0.2, 0) is 34.2 Å². The highest BCUT2D eigenvalue weighted by atomic mass is 32.2. The summed E-state index contributed by atoms with van der Waals surface area (Å²) in [6, 6.07) is 15.0. The molecule has 26 heavy (non-hydrogen) atoms. The van der Waals surface area contributed by atoms with Gasteiger partial charge in [0.1, 0.15) is 0 Å². The summed E-state index contributed by atoms with van der Waals surface area (Å²) >= 11 is 0. The van der Waals surface area contributed by atoms with E-state index in [1.165, 1.54) is 29.5 Å². The zero-order chi connectivity index (χ0) is 18.7. The summed E-state index contributed by atoms with van der Waals surface area (Å²) in [5, 5.41) is 0. The maximum absolute atomic E-state index is 12.5. The Morgan fingerprint density at radius 1 is 1.04 bits per heavy atom. The minimum atomic E-state index is -3.41. The van der Waals surface area contributed by atoms with Crippen molar-refractivity contribution in [1.29, 1.82) is 0 Å². The molecule has 5 nitrogen and oxygen atoms in total. The van der Waals surface area contributed by atoms with Crippen molar-refractivity contribution in [3.63, 3.8) is 0 Å². The number of hydrogen-bond acceptors (Lipinski definition) is 3. The van der Waals surface area contributed by atoms with Crippen LogP contribution >= 0.6 is 0 Å². The number of benzene rings is 2. The predicted octanol–water partition coefficient (Wildman–Crippen LogP) is 2.45. The van der Waals surface area contributed by atoms with Crippen molar-refractivity contribution in [2.75, 3.05) is 20.6 Å². The minimum Gasteiger partial charge on any atom is -0.338 e. The summed E-state index contributed by atoms with van der Waals surface area (Å²) < 4.78 is 25.4. The molecule has 1 aliphatic heterocycles. The maximum Gasteiger partial charge on any atom is 0.242 e. The quantitative estimate of drug-likeness (QED) is 0.810. The van der Waals surface area contributed by atoms with Crippen molar-refractivity contribution in [2.24, 2.45) is 0 Å². The third kappa shape index (κ3) is 3.97. The fraction of sp³-hybridized carbons (Fsp3) is 0.350. The highest BCUT2D eigenvalue weighted by Crippen LogP contribution is 2.20. The Hall–Kier alpha value is -2.18. The van der Waals surface area contributed by atoms with Gasteiger partial charge in [0.25, 0.3) is 0 Å². The number of aryl methyl sites for hydroxylation is 1. The van der Waals surface area contributed by atoms with Crippen LogP contribution < -0.4 is 0 Å². The number of carbonyl (C=O) groups is 1. The Morgan fingerprint density at radius 3 is 2.35 bits per heavy atom. The van der Waals surface area contributed by atoms with E-state index in [0.29, 0.717) is 19.4 Å². The van der Waals surface area contributed by atoms with Crippen molar-refractivity contribution >= 4 is 15.9 Å². The van der Waals surface area contributed by atoms with Gasteiger partial charge in [-0.3, -0.25) is 4.79 Å². The first kappa shape index (κ1) is 18.6. The highest BCUT2D eigenvalue weighted by molar-refractivity contribution is 7.89. The standard InChI is InChI=1S/C20H24N2O3S/c1-21(2)26(24,25)19-10-7-16(8-11-19)9-12-20(23)22-14-13-17-5-3-4-6-18(17)15-22/h3-8,10-11H,9,12-15H2,1-2H3. The number of sulfonamides is 1. The van der Waals surface area contributed by atoms with Crippen LogP contribution in [0, 0.1) is 0 Å². The molecule has 0 radical (unpaired) electrons. The monoisotopic (exact) mass is 372 g/mol. The van der Waals surface area contributed by atoms with Crippen LogP contribution in [0.5, 0.6) is 0 Å². The SMILES string of the molecule is CN(C)S(=O)(=O)c1ccc(CCC(=O)N2CCc3ccccc3C2)cc1. The van der Waals surface area contributed by atoms with E-state index in [4.69, 9.17) is 0 Å². The summed E-state index contributed by atoms with van der Waals surface area (Å²) in [6.45, 7) is 1.44. The molecule has 0 atom stereocenters. The third-order valence-electron chi connectivity index (χ3n) is 4.81. The Bertz CT molecular complexity index is 890. The van der Waals surface area contributed by atoms with E-state index in [1.54, 1.807) is 24.3 Å². The van der Waals surface area contributed by atoms with E-state index in [9.17, 15) is 13.2 Å². The molecular weight excluding hydrogens is 348 g/mol. The van der Waals surface area contributed by atoms with Gasteiger partial charge in [0.05, 0.1) is 4.90 Å². The number of carbonyl (C=O) groups excluding carboxylic acids is 1. The van der Waals surface area contributed by atoms with Gasteiger partial charge in [-0.15, -0.1) is 0 Å². The second-order valence-corrected chi connectivity index (χ2v) is 8.92. The average Bonchev–Trinajstić information content (AvgIpc) is 2.66. The largest absolute Gasteiger partial charge is 0.338 e. The molecule has 1 amide bonds. The molecular formula is C20H24N2O3S. The van der Waals surface area contributed by atoms with Gasteiger partial charge in [0.2, 0.25) is 15.9 Å². The molecule has 3 rings (SSSR count). The van der Waals surface area contributed by atoms with Gasteiger partial charge < -0.3 is 4.90 Å². The molecule has 2 aromatic rings. The van der Waals surface area contributed by atoms with Crippen LogP contribution in [0.15, 0.2) is 53.4 Å². The molecule has 0 bridgehead atoms. The van der Waals surface area contributed by atoms with E-state index < -0.39 is 10.0 Å². The first-order valence-electron chi connectivity index (χ1n) is 8.74. The van der Waals surface area contributed by atoms with Gasteiger partial charge >= 0.3 is 0 Å². The molecule has 0 spiro atoms. The number of fused-ring (bicyclic) bond motifs is 1. The van der Waals surface area contributed by atoms with Crippen LogP contribution in [-0.4, -0.2) is 44.2 Å². The van der Waals surface area contributed by atoms with Crippen LogP contribution in [0.2, 0.25) is 0 Å². The fourth-order valence-electron chi connectivity index (χ4n) is 3.16. The Morgan fingerprint density at radius 2 is 1.69 bits per heavy atom. The summed E-state index contributed by atoms with van der Waals surface area (Å²) in [6.07, 6.45) is 1.94. The lowest BCUT2D eigenvalue weighted by atomic mass is 9.99. The lowest BCUT2D eigenvalue weighted by Crippen LogP contribution is -2.36. The van der Waals surface area contributed by atoms with E-state index in [0.717, 1.165) is 18.5 Å². The van der Waals surface area contributed by atoms with Crippen molar-refractivity contribution < 1.29 is 13.2 Å². The maximum atomic E-state index is 12.5. The van der Waals surface area contributed by atoms with Crippen LogP contribution in [0.1, 0.15) is 23.1 Å². The molecule has 0 fully saturated rings. The predicted molar refractivity (Wildman–Crippen MR) is 101 cm³/mol. The number of rotatable bonds is 5. The van der Waals surface area contributed by atoms with Gasteiger partial charge in [0, 0.05) is 33.6 Å². The molecule has 1 heterocycles. The minimum absolute atomic E-state index is 0.143. The number of nitrogens with zero attached hydrogens (tertiary/aromatic N) is 2. The molecule has 0 aromatic heterocycles. The molecule has 6 heteroatoms. The van der Waals surface area contributed by atoms with Crippen molar-refractivity contribution in [1.82, 2.24) is 9.21 Å². The number of hydrogen-bond donors (Lipinski definition) is 0. The summed E-state index contributed by atoms with van der Waals surface area (Å²) in [5.41, 5.74) is 3.52. The molecule has 0 saturated carbocycles. The van der Waals surface area contributed by atoms with E-state index >= 15 is 0 Å². The topological polar surface area (TPSA) is 57.7 Å². The van der Waals surface area contributed by atoms with Gasteiger partial charge in [0.15, 0.2) is 0 Å². The molecule has 0 unspecified atom stereocenters. The van der Waals surface area contributed by atoms with Gasteiger partial charge in [-0.2, -0.15) is 0 Å². The lowest BCUT2D eigenvalue weighted by Gasteiger charge is -2.29. The summed E-state index contributed by atoms with van der Waals surface area (Å²) in [4.78, 5) is 14.7. The zero-order valence-corrected chi connectivity index (χ0v) is 16.0. The first-order chi connectivity index (χ1) is 12.4. The number of amides is 1. The van der Waals surface area contributed by atoms with E-state index in [1.807, 2.05) is 17.0 Å². The van der Waals surface area contributed by atoms with Gasteiger partial charge in [-0.25, -0.2) is 12.7 Å². The van der Waals surface area contributed by atoms with Gasteiger partial charge in [-0.1, -0.05) is 36.4 Å². The highest BCUT2D eigenvalue weighted by Gasteiger charge is 2.20. The smallest absolute Gasteiger partial charge is 0.242 e. The molecule has 138 valence electrons.